The van der Waals surface area contributed by atoms with Crippen molar-refractivity contribution in [2.24, 2.45) is 0 Å². The summed E-state index contributed by atoms with van der Waals surface area (Å²) >= 11 is 0. The van der Waals surface area contributed by atoms with Crippen LogP contribution < -0.4 is 5.32 Å². The lowest BCUT2D eigenvalue weighted by Gasteiger charge is -2.23. The van der Waals surface area contributed by atoms with Gasteiger partial charge in [-0.2, -0.15) is 0 Å². The van der Waals surface area contributed by atoms with E-state index in [1.54, 1.807) is 7.05 Å². The summed E-state index contributed by atoms with van der Waals surface area (Å²) in [6, 6.07) is 7.17. The quantitative estimate of drug-likeness (QED) is 0.881. The Kier molecular flexibility index (Phi) is 4.95. The number of rotatable bonds is 4. The molecule has 1 aromatic carbocycles. The maximum Gasteiger partial charge on any atom is 0.272 e. The molecule has 1 aliphatic rings. The number of aromatic nitrogens is 2. The van der Waals surface area contributed by atoms with Gasteiger partial charge in [-0.25, -0.2) is 18.4 Å². The van der Waals surface area contributed by atoms with Crippen molar-refractivity contribution < 1.29 is 13.2 Å². The van der Waals surface area contributed by atoms with Crippen LogP contribution in [0.1, 0.15) is 28.0 Å². The Morgan fingerprint density at radius 2 is 1.92 bits per heavy atom. The zero-order chi connectivity index (χ0) is 18.9. The number of hydrogen-bond donors (Lipinski definition) is 1. The largest absolute Gasteiger partial charge is 0.336 e. The highest BCUT2D eigenvalue weighted by atomic mass is 32.2. The summed E-state index contributed by atoms with van der Waals surface area (Å²) in [5.41, 5.74) is 3.25. The molecule has 1 N–H and O–H groups in total. The first kappa shape index (κ1) is 18.3. The lowest BCUT2D eigenvalue weighted by Crippen LogP contribution is -2.38. The molecule has 0 saturated carbocycles. The second-order valence-corrected chi connectivity index (χ2v) is 8.86. The van der Waals surface area contributed by atoms with Crippen LogP contribution in [0.25, 0.3) is 0 Å². The van der Waals surface area contributed by atoms with Crippen molar-refractivity contribution in [1.29, 1.82) is 0 Å². The van der Waals surface area contributed by atoms with Gasteiger partial charge in [0.1, 0.15) is 5.69 Å². The molecule has 0 aliphatic carbocycles. The summed E-state index contributed by atoms with van der Waals surface area (Å²) in [5, 5.41) is 3.17. The van der Waals surface area contributed by atoms with E-state index in [0.717, 1.165) is 16.8 Å². The van der Waals surface area contributed by atoms with E-state index < -0.39 is 9.84 Å². The molecule has 1 amide bonds. The Balaban J connectivity index is 1.80. The van der Waals surface area contributed by atoms with Crippen LogP contribution in [0.5, 0.6) is 0 Å². The highest BCUT2D eigenvalue weighted by Crippen LogP contribution is 2.23. The van der Waals surface area contributed by atoms with Gasteiger partial charge < -0.3 is 10.2 Å². The number of carbonyl (C=O) groups excluding carboxylic acids is 1. The van der Waals surface area contributed by atoms with Gasteiger partial charge in [0.25, 0.3) is 5.91 Å². The molecule has 1 aliphatic heterocycles. The van der Waals surface area contributed by atoms with Crippen molar-refractivity contribution in [2.45, 2.75) is 26.3 Å². The Labute approximate surface area is 153 Å². The molecular weight excluding hydrogens is 352 g/mol. The highest BCUT2D eigenvalue weighted by molar-refractivity contribution is 7.91. The minimum atomic E-state index is -3.05. The number of anilines is 2. The van der Waals surface area contributed by atoms with Crippen molar-refractivity contribution in [3.05, 3.63) is 47.3 Å². The predicted molar refractivity (Wildman–Crippen MR) is 100 cm³/mol. The number of aryl methyl sites for hydroxylation is 2. The van der Waals surface area contributed by atoms with Crippen LogP contribution in [-0.4, -0.2) is 53.8 Å². The summed E-state index contributed by atoms with van der Waals surface area (Å²) in [5.74, 6) is 0.159. The van der Waals surface area contributed by atoms with Gasteiger partial charge in [0, 0.05) is 25.0 Å². The third-order valence-electron chi connectivity index (χ3n) is 4.67. The number of para-hydroxylation sites is 1. The van der Waals surface area contributed by atoms with Crippen LogP contribution in [0.15, 0.2) is 30.5 Å². The Morgan fingerprint density at radius 3 is 2.54 bits per heavy atom. The molecule has 1 fully saturated rings. The van der Waals surface area contributed by atoms with Crippen LogP contribution in [0.3, 0.4) is 0 Å². The molecule has 0 radical (unpaired) electrons. The molecule has 2 heterocycles. The average Bonchev–Trinajstić information content (AvgIpc) is 2.97. The molecule has 7 nitrogen and oxygen atoms in total. The topological polar surface area (TPSA) is 92.3 Å². The standard InChI is InChI=1S/C18H22N4O3S/c1-12-5-4-6-13(2)16(12)21-18-19-9-7-15(20-18)17(23)22(3)14-8-10-26(24,25)11-14/h4-7,9,14H,8,10-11H2,1-3H3,(H,19,20,21). The van der Waals surface area contributed by atoms with E-state index in [0.29, 0.717) is 12.4 Å². The van der Waals surface area contributed by atoms with Crippen molar-refractivity contribution in [2.75, 3.05) is 23.9 Å². The van der Waals surface area contributed by atoms with E-state index in [-0.39, 0.29) is 29.1 Å². The number of sulfone groups is 1. The molecule has 1 unspecified atom stereocenters. The predicted octanol–water partition coefficient (Wildman–Crippen LogP) is 2.10. The molecule has 1 atom stereocenters. The van der Waals surface area contributed by atoms with Crippen molar-refractivity contribution in [3.8, 4) is 0 Å². The number of amides is 1. The van der Waals surface area contributed by atoms with Crippen molar-refractivity contribution in [3.63, 3.8) is 0 Å². The van der Waals surface area contributed by atoms with Gasteiger partial charge in [0.15, 0.2) is 9.84 Å². The zero-order valence-corrected chi connectivity index (χ0v) is 15.9. The van der Waals surface area contributed by atoms with Crippen LogP contribution >= 0.6 is 0 Å². The van der Waals surface area contributed by atoms with E-state index in [1.807, 2.05) is 32.0 Å². The minimum absolute atomic E-state index is 0.00777. The Hall–Kier alpha value is -2.48. The number of nitrogens with zero attached hydrogens (tertiary/aromatic N) is 3. The molecular formula is C18H22N4O3S. The van der Waals surface area contributed by atoms with Crippen LogP contribution in [0, 0.1) is 13.8 Å². The second-order valence-electron chi connectivity index (χ2n) is 6.63. The van der Waals surface area contributed by atoms with Gasteiger partial charge in [-0.15, -0.1) is 0 Å². The molecule has 3 rings (SSSR count). The third kappa shape index (κ3) is 3.85. The first-order chi connectivity index (χ1) is 12.3. The second kappa shape index (κ2) is 7.03. The summed E-state index contributed by atoms with van der Waals surface area (Å²) in [6.07, 6.45) is 1.98. The smallest absolute Gasteiger partial charge is 0.272 e. The first-order valence-electron chi connectivity index (χ1n) is 8.41. The molecule has 1 saturated heterocycles. The van der Waals surface area contributed by atoms with Crippen LogP contribution in [0.4, 0.5) is 11.6 Å². The van der Waals surface area contributed by atoms with E-state index in [1.165, 1.54) is 17.2 Å². The number of nitrogens with one attached hydrogen (secondary N) is 1. The van der Waals surface area contributed by atoms with Gasteiger partial charge in [-0.05, 0) is 37.5 Å². The summed E-state index contributed by atoms with van der Waals surface area (Å²) < 4.78 is 23.3. The van der Waals surface area contributed by atoms with Gasteiger partial charge in [-0.3, -0.25) is 4.79 Å². The molecule has 2 aromatic rings. The normalized spacial score (nSPS) is 18.5. The summed E-state index contributed by atoms with van der Waals surface area (Å²) in [6.45, 7) is 3.97. The summed E-state index contributed by atoms with van der Waals surface area (Å²) in [7, 11) is -1.43. The molecule has 138 valence electrons. The van der Waals surface area contributed by atoms with Gasteiger partial charge >= 0.3 is 0 Å². The van der Waals surface area contributed by atoms with Gasteiger partial charge in [0.2, 0.25) is 5.95 Å². The lowest BCUT2D eigenvalue weighted by molar-refractivity contribution is 0.0741. The van der Waals surface area contributed by atoms with Crippen LogP contribution in [0.2, 0.25) is 0 Å². The van der Waals surface area contributed by atoms with Gasteiger partial charge in [-0.1, -0.05) is 18.2 Å². The fraction of sp³-hybridized carbons (Fsp3) is 0.389. The van der Waals surface area contributed by atoms with E-state index in [9.17, 15) is 13.2 Å². The van der Waals surface area contributed by atoms with Crippen LogP contribution in [-0.2, 0) is 9.84 Å². The Morgan fingerprint density at radius 1 is 1.23 bits per heavy atom. The molecule has 26 heavy (non-hydrogen) atoms. The number of carbonyl (C=O) groups is 1. The van der Waals surface area contributed by atoms with E-state index in [4.69, 9.17) is 0 Å². The molecule has 8 heteroatoms. The highest BCUT2D eigenvalue weighted by Gasteiger charge is 2.33. The zero-order valence-electron chi connectivity index (χ0n) is 15.1. The fourth-order valence-corrected chi connectivity index (χ4v) is 4.86. The maximum atomic E-state index is 12.7. The molecule has 1 aromatic heterocycles. The fourth-order valence-electron chi connectivity index (χ4n) is 3.09. The number of hydrogen-bond acceptors (Lipinski definition) is 6. The lowest BCUT2D eigenvalue weighted by atomic mass is 10.1. The molecule has 0 bridgehead atoms. The monoisotopic (exact) mass is 374 g/mol. The first-order valence-corrected chi connectivity index (χ1v) is 10.2. The Bertz CT molecular complexity index is 923. The van der Waals surface area contributed by atoms with E-state index in [2.05, 4.69) is 15.3 Å². The number of benzene rings is 1. The van der Waals surface area contributed by atoms with E-state index >= 15 is 0 Å². The third-order valence-corrected chi connectivity index (χ3v) is 6.42. The van der Waals surface area contributed by atoms with Crippen molar-refractivity contribution >= 4 is 27.4 Å². The molecule has 0 spiro atoms. The maximum absolute atomic E-state index is 12.7. The minimum Gasteiger partial charge on any atom is -0.336 e. The summed E-state index contributed by atoms with van der Waals surface area (Å²) in [4.78, 5) is 22.7. The van der Waals surface area contributed by atoms with Gasteiger partial charge in [0.05, 0.1) is 11.5 Å². The van der Waals surface area contributed by atoms with Crippen molar-refractivity contribution in [1.82, 2.24) is 14.9 Å². The average molecular weight is 374 g/mol. The SMILES string of the molecule is Cc1cccc(C)c1Nc1nccc(C(=O)N(C)C2CCS(=O)(=O)C2)n1.